The van der Waals surface area contributed by atoms with E-state index in [0.717, 1.165) is 15.6 Å². The second-order valence-electron chi connectivity index (χ2n) is 5.35. The van der Waals surface area contributed by atoms with Crippen molar-refractivity contribution in [3.8, 4) is 5.75 Å². The second kappa shape index (κ2) is 7.46. The Morgan fingerprint density at radius 3 is 2.38 bits per heavy atom. The van der Waals surface area contributed by atoms with Gasteiger partial charge in [0.15, 0.2) is 0 Å². The number of amides is 1. The predicted molar refractivity (Wildman–Crippen MR) is 91.5 cm³/mol. The highest BCUT2D eigenvalue weighted by Gasteiger charge is 2.17. The van der Waals surface area contributed by atoms with E-state index < -0.39 is 10.0 Å². The lowest BCUT2D eigenvalue weighted by atomic mass is 10.2. The van der Waals surface area contributed by atoms with Crippen LogP contribution in [0.1, 0.15) is 15.9 Å². The Bertz CT molecular complexity index is 815. The largest absolute Gasteiger partial charge is 0.497 e. The molecule has 0 unspecified atom stereocenters. The van der Waals surface area contributed by atoms with Gasteiger partial charge in [-0.1, -0.05) is 12.1 Å². The summed E-state index contributed by atoms with van der Waals surface area (Å²) in [6, 6.07) is 13.2. The summed E-state index contributed by atoms with van der Waals surface area (Å²) >= 11 is 0. The molecule has 0 heterocycles. The van der Waals surface area contributed by atoms with Gasteiger partial charge in [-0.05, 0) is 42.0 Å². The molecule has 0 saturated heterocycles. The Balaban J connectivity index is 2.05. The lowest BCUT2D eigenvalue weighted by Gasteiger charge is -2.11. The number of rotatable bonds is 6. The molecule has 0 aromatic heterocycles. The molecule has 0 spiro atoms. The van der Waals surface area contributed by atoms with Crippen LogP contribution >= 0.6 is 0 Å². The van der Waals surface area contributed by atoms with Gasteiger partial charge in [0.1, 0.15) is 5.75 Å². The average molecular weight is 348 g/mol. The summed E-state index contributed by atoms with van der Waals surface area (Å²) in [7, 11) is 1.01. The Kier molecular flexibility index (Phi) is 5.58. The number of nitrogens with one attached hydrogen (secondary N) is 1. The molecule has 1 amide bonds. The van der Waals surface area contributed by atoms with Crippen LogP contribution in [0, 0.1) is 0 Å². The lowest BCUT2D eigenvalue weighted by molar-refractivity contribution is 0.0950. The van der Waals surface area contributed by atoms with Gasteiger partial charge in [0, 0.05) is 26.2 Å². The van der Waals surface area contributed by atoms with E-state index in [4.69, 9.17) is 4.74 Å². The number of ether oxygens (including phenoxy) is 1. The number of benzene rings is 2. The molecular weight excluding hydrogens is 328 g/mol. The standard InChI is InChI=1S/C17H20N2O4S/c1-19(2)24(21,22)16-9-7-14(8-10-16)17(20)18-12-13-5-4-6-15(11-13)23-3/h4-11H,12H2,1-3H3,(H,18,20). The highest BCUT2D eigenvalue weighted by atomic mass is 32.2. The van der Waals surface area contributed by atoms with E-state index >= 15 is 0 Å². The summed E-state index contributed by atoms with van der Waals surface area (Å²) in [4.78, 5) is 12.3. The molecule has 0 saturated carbocycles. The quantitative estimate of drug-likeness (QED) is 0.865. The SMILES string of the molecule is COc1cccc(CNC(=O)c2ccc(S(=O)(=O)N(C)C)cc2)c1. The Labute approximate surface area is 142 Å². The van der Waals surface area contributed by atoms with E-state index in [-0.39, 0.29) is 10.8 Å². The van der Waals surface area contributed by atoms with Crippen molar-refractivity contribution in [3.63, 3.8) is 0 Å². The molecule has 1 N–H and O–H groups in total. The third kappa shape index (κ3) is 4.12. The van der Waals surface area contributed by atoms with Gasteiger partial charge < -0.3 is 10.1 Å². The topological polar surface area (TPSA) is 75.7 Å². The summed E-state index contributed by atoms with van der Waals surface area (Å²) in [5.74, 6) is 0.451. The van der Waals surface area contributed by atoms with Gasteiger partial charge in [0.05, 0.1) is 12.0 Å². The van der Waals surface area contributed by atoms with Crippen molar-refractivity contribution < 1.29 is 17.9 Å². The summed E-state index contributed by atoms with van der Waals surface area (Å²) < 4.78 is 30.3. The number of hydrogen-bond acceptors (Lipinski definition) is 4. The average Bonchev–Trinajstić information content (AvgIpc) is 2.59. The minimum Gasteiger partial charge on any atom is -0.497 e. The third-order valence-corrected chi connectivity index (χ3v) is 5.31. The number of carbonyl (C=O) groups excluding carboxylic acids is 1. The van der Waals surface area contributed by atoms with Crippen LogP contribution in [0.25, 0.3) is 0 Å². The van der Waals surface area contributed by atoms with Crippen LogP contribution in [-0.2, 0) is 16.6 Å². The molecule has 128 valence electrons. The zero-order valence-electron chi connectivity index (χ0n) is 13.8. The molecule has 0 aliphatic heterocycles. The smallest absolute Gasteiger partial charge is 0.251 e. The maximum Gasteiger partial charge on any atom is 0.251 e. The molecule has 0 radical (unpaired) electrons. The number of hydrogen-bond donors (Lipinski definition) is 1. The maximum absolute atomic E-state index is 12.2. The van der Waals surface area contributed by atoms with Crippen LogP contribution in [0.5, 0.6) is 5.75 Å². The molecule has 0 aliphatic rings. The van der Waals surface area contributed by atoms with Gasteiger partial charge in [-0.2, -0.15) is 0 Å². The van der Waals surface area contributed by atoms with Crippen LogP contribution < -0.4 is 10.1 Å². The van der Waals surface area contributed by atoms with Gasteiger partial charge in [-0.15, -0.1) is 0 Å². The first-order valence-corrected chi connectivity index (χ1v) is 8.72. The van der Waals surface area contributed by atoms with E-state index in [1.165, 1.54) is 38.4 Å². The minimum atomic E-state index is -3.49. The van der Waals surface area contributed by atoms with Crippen molar-refractivity contribution in [2.45, 2.75) is 11.4 Å². The third-order valence-electron chi connectivity index (χ3n) is 3.48. The van der Waals surface area contributed by atoms with Gasteiger partial charge in [-0.25, -0.2) is 12.7 Å². The van der Waals surface area contributed by atoms with Crippen molar-refractivity contribution in [3.05, 3.63) is 59.7 Å². The van der Waals surface area contributed by atoms with Crippen LogP contribution in [0.2, 0.25) is 0 Å². The van der Waals surface area contributed by atoms with Crippen molar-refractivity contribution >= 4 is 15.9 Å². The number of methoxy groups -OCH3 is 1. The zero-order valence-corrected chi connectivity index (χ0v) is 14.6. The van der Waals surface area contributed by atoms with E-state index in [1.807, 2.05) is 24.3 Å². The van der Waals surface area contributed by atoms with Gasteiger partial charge in [-0.3, -0.25) is 4.79 Å². The summed E-state index contributed by atoms with van der Waals surface area (Å²) in [6.07, 6.45) is 0. The van der Waals surface area contributed by atoms with Crippen molar-refractivity contribution in [1.29, 1.82) is 0 Å². The van der Waals surface area contributed by atoms with Crippen molar-refractivity contribution in [2.24, 2.45) is 0 Å². The molecule has 24 heavy (non-hydrogen) atoms. The number of sulfonamides is 1. The highest BCUT2D eigenvalue weighted by Crippen LogP contribution is 2.15. The first-order valence-electron chi connectivity index (χ1n) is 7.28. The highest BCUT2D eigenvalue weighted by molar-refractivity contribution is 7.89. The fourth-order valence-corrected chi connectivity index (χ4v) is 2.96. The zero-order chi connectivity index (χ0) is 17.7. The molecule has 6 nitrogen and oxygen atoms in total. The van der Waals surface area contributed by atoms with Gasteiger partial charge >= 0.3 is 0 Å². The monoisotopic (exact) mass is 348 g/mol. The minimum absolute atomic E-state index is 0.150. The lowest BCUT2D eigenvalue weighted by Crippen LogP contribution is -2.24. The number of nitrogens with zero attached hydrogens (tertiary/aromatic N) is 1. The van der Waals surface area contributed by atoms with E-state index in [2.05, 4.69) is 5.32 Å². The fourth-order valence-electron chi connectivity index (χ4n) is 2.06. The summed E-state index contributed by atoms with van der Waals surface area (Å²) in [5.41, 5.74) is 1.31. The molecule has 2 aromatic rings. The molecule has 0 atom stereocenters. The number of carbonyl (C=O) groups is 1. The van der Waals surface area contributed by atoms with E-state index in [9.17, 15) is 13.2 Å². The Morgan fingerprint density at radius 2 is 1.79 bits per heavy atom. The predicted octanol–water partition coefficient (Wildman–Crippen LogP) is 1.88. The first-order chi connectivity index (χ1) is 11.3. The second-order valence-corrected chi connectivity index (χ2v) is 7.50. The summed E-state index contributed by atoms with van der Waals surface area (Å²) in [5, 5.41) is 2.79. The van der Waals surface area contributed by atoms with Crippen LogP contribution in [0.4, 0.5) is 0 Å². The van der Waals surface area contributed by atoms with Gasteiger partial charge in [0.2, 0.25) is 10.0 Å². The first kappa shape index (κ1) is 18.0. The van der Waals surface area contributed by atoms with Crippen LogP contribution in [0.15, 0.2) is 53.4 Å². The molecular formula is C17H20N2O4S. The molecule has 0 bridgehead atoms. The Hall–Kier alpha value is -2.38. The normalized spacial score (nSPS) is 11.3. The van der Waals surface area contributed by atoms with Crippen LogP contribution in [-0.4, -0.2) is 39.8 Å². The summed E-state index contributed by atoms with van der Waals surface area (Å²) in [6.45, 7) is 0.355. The molecule has 2 rings (SSSR count). The molecule has 7 heteroatoms. The van der Waals surface area contributed by atoms with E-state index in [1.54, 1.807) is 7.11 Å². The van der Waals surface area contributed by atoms with Crippen molar-refractivity contribution in [1.82, 2.24) is 9.62 Å². The molecule has 0 fully saturated rings. The molecule has 0 aliphatic carbocycles. The fraction of sp³-hybridized carbons (Fsp3) is 0.235. The van der Waals surface area contributed by atoms with Crippen LogP contribution in [0.3, 0.4) is 0 Å². The Morgan fingerprint density at radius 1 is 1.12 bits per heavy atom. The van der Waals surface area contributed by atoms with E-state index in [0.29, 0.717) is 12.1 Å². The van der Waals surface area contributed by atoms with Crippen molar-refractivity contribution in [2.75, 3.05) is 21.2 Å². The van der Waals surface area contributed by atoms with Gasteiger partial charge in [0.25, 0.3) is 5.91 Å². The maximum atomic E-state index is 12.2. The molecule has 2 aromatic carbocycles.